The summed E-state index contributed by atoms with van der Waals surface area (Å²) in [4.78, 5) is 28.2. The van der Waals surface area contributed by atoms with E-state index < -0.39 is 6.04 Å². The van der Waals surface area contributed by atoms with Gasteiger partial charge in [-0.1, -0.05) is 12.1 Å². The van der Waals surface area contributed by atoms with E-state index >= 15 is 0 Å². The third-order valence-electron chi connectivity index (χ3n) is 3.25. The summed E-state index contributed by atoms with van der Waals surface area (Å²) in [6.07, 6.45) is 0.0491. The van der Waals surface area contributed by atoms with Crippen molar-refractivity contribution in [1.82, 2.24) is 14.8 Å². The quantitative estimate of drug-likeness (QED) is 0.873. The zero-order chi connectivity index (χ0) is 15.0. The first kappa shape index (κ1) is 13.3. The fourth-order valence-corrected chi connectivity index (χ4v) is 2.32. The average Bonchev–Trinajstić information content (AvgIpc) is 2.77. The summed E-state index contributed by atoms with van der Waals surface area (Å²) in [5, 5.41) is 9.60. The standard InChI is InChI=1S/C14H15N5O2/c1-8-4-3-5-10(6-8)16-13(21)11-7-12(20)17-14-15-9(2)18-19(11)14/h3-6,11H,7H2,1-2H3,(H,16,21)(H,15,17,18,20). The second-order valence-electron chi connectivity index (χ2n) is 5.05. The summed E-state index contributed by atoms with van der Waals surface area (Å²) in [7, 11) is 0. The highest BCUT2D eigenvalue weighted by Gasteiger charge is 2.32. The van der Waals surface area contributed by atoms with Crippen molar-refractivity contribution in [3.63, 3.8) is 0 Å². The Balaban J connectivity index is 1.86. The van der Waals surface area contributed by atoms with Gasteiger partial charge in [0.05, 0.1) is 6.42 Å². The van der Waals surface area contributed by atoms with E-state index in [0.717, 1.165) is 5.56 Å². The van der Waals surface area contributed by atoms with Crippen LogP contribution in [0.3, 0.4) is 0 Å². The minimum Gasteiger partial charge on any atom is -0.324 e. The molecule has 1 aromatic carbocycles. The minimum atomic E-state index is -0.685. The number of rotatable bonds is 2. The van der Waals surface area contributed by atoms with Crippen molar-refractivity contribution in [3.8, 4) is 0 Å². The molecule has 1 unspecified atom stereocenters. The van der Waals surface area contributed by atoms with Gasteiger partial charge < -0.3 is 5.32 Å². The fourth-order valence-electron chi connectivity index (χ4n) is 2.32. The molecule has 2 aromatic rings. The van der Waals surface area contributed by atoms with Gasteiger partial charge in [0.15, 0.2) is 0 Å². The summed E-state index contributed by atoms with van der Waals surface area (Å²) in [5.74, 6) is 0.314. The number of hydrogen-bond donors (Lipinski definition) is 2. The van der Waals surface area contributed by atoms with Crippen LogP contribution >= 0.6 is 0 Å². The van der Waals surface area contributed by atoms with Crippen LogP contribution in [0.5, 0.6) is 0 Å². The van der Waals surface area contributed by atoms with Gasteiger partial charge in [0.2, 0.25) is 17.8 Å². The van der Waals surface area contributed by atoms with Crippen molar-refractivity contribution < 1.29 is 9.59 Å². The Hall–Kier alpha value is -2.70. The monoisotopic (exact) mass is 285 g/mol. The SMILES string of the molecule is Cc1cccc(NC(=O)C2CC(=O)Nc3nc(C)nn32)c1. The molecule has 0 saturated heterocycles. The van der Waals surface area contributed by atoms with Gasteiger partial charge in [0.1, 0.15) is 11.9 Å². The number of nitrogens with one attached hydrogen (secondary N) is 2. The van der Waals surface area contributed by atoms with Crippen molar-refractivity contribution in [2.75, 3.05) is 10.6 Å². The van der Waals surface area contributed by atoms with Crippen LogP contribution in [-0.2, 0) is 9.59 Å². The lowest BCUT2D eigenvalue weighted by atomic mass is 10.1. The van der Waals surface area contributed by atoms with Crippen molar-refractivity contribution in [3.05, 3.63) is 35.7 Å². The summed E-state index contributed by atoms with van der Waals surface area (Å²) in [6.45, 7) is 3.66. The molecule has 0 radical (unpaired) electrons. The molecule has 2 amide bonds. The second-order valence-corrected chi connectivity index (χ2v) is 5.05. The maximum absolute atomic E-state index is 12.4. The first-order valence-electron chi connectivity index (χ1n) is 6.63. The Bertz CT molecular complexity index is 722. The highest BCUT2D eigenvalue weighted by atomic mass is 16.2. The largest absolute Gasteiger partial charge is 0.324 e. The highest BCUT2D eigenvalue weighted by molar-refractivity contribution is 6.00. The van der Waals surface area contributed by atoms with Crippen LogP contribution in [0.1, 0.15) is 23.9 Å². The van der Waals surface area contributed by atoms with Gasteiger partial charge in [0, 0.05) is 5.69 Å². The molecular weight excluding hydrogens is 270 g/mol. The van der Waals surface area contributed by atoms with Crippen LogP contribution in [0.4, 0.5) is 11.6 Å². The summed E-state index contributed by atoms with van der Waals surface area (Å²) in [6, 6.07) is 6.80. The maximum Gasteiger partial charge on any atom is 0.249 e. The molecule has 2 N–H and O–H groups in total. The van der Waals surface area contributed by atoms with Crippen LogP contribution in [0, 0.1) is 13.8 Å². The molecule has 1 aliphatic rings. The number of aromatic nitrogens is 3. The van der Waals surface area contributed by atoms with Gasteiger partial charge in [-0.25, -0.2) is 4.68 Å². The predicted molar refractivity (Wildman–Crippen MR) is 76.9 cm³/mol. The van der Waals surface area contributed by atoms with E-state index in [-0.39, 0.29) is 18.2 Å². The van der Waals surface area contributed by atoms with Gasteiger partial charge in [0.25, 0.3) is 0 Å². The van der Waals surface area contributed by atoms with Crippen LogP contribution in [-0.4, -0.2) is 26.6 Å². The molecule has 0 aliphatic carbocycles. The van der Waals surface area contributed by atoms with Crippen molar-refractivity contribution in [2.24, 2.45) is 0 Å². The number of amides is 2. The van der Waals surface area contributed by atoms with E-state index in [1.54, 1.807) is 13.0 Å². The third-order valence-corrected chi connectivity index (χ3v) is 3.25. The van der Waals surface area contributed by atoms with E-state index in [1.807, 2.05) is 25.1 Å². The van der Waals surface area contributed by atoms with Gasteiger partial charge in [-0.05, 0) is 31.5 Å². The average molecular weight is 285 g/mol. The van der Waals surface area contributed by atoms with Crippen molar-refractivity contribution >= 4 is 23.5 Å². The molecule has 1 atom stereocenters. The van der Waals surface area contributed by atoms with Crippen LogP contribution in [0.15, 0.2) is 24.3 Å². The Labute approximate surface area is 121 Å². The zero-order valence-electron chi connectivity index (χ0n) is 11.8. The lowest BCUT2D eigenvalue weighted by Gasteiger charge is -2.22. The number of carbonyl (C=O) groups is 2. The number of hydrogen-bond acceptors (Lipinski definition) is 4. The molecular formula is C14H15N5O2. The number of aryl methyl sites for hydroxylation is 2. The molecule has 1 aliphatic heterocycles. The zero-order valence-corrected chi connectivity index (χ0v) is 11.8. The molecule has 21 heavy (non-hydrogen) atoms. The number of nitrogens with zero attached hydrogens (tertiary/aromatic N) is 3. The lowest BCUT2D eigenvalue weighted by molar-refractivity contribution is -0.125. The summed E-state index contributed by atoms with van der Waals surface area (Å²) < 4.78 is 1.46. The topological polar surface area (TPSA) is 88.9 Å². The summed E-state index contributed by atoms with van der Waals surface area (Å²) >= 11 is 0. The molecule has 0 bridgehead atoms. The molecule has 7 heteroatoms. The molecule has 0 spiro atoms. The normalized spacial score (nSPS) is 17.0. The third kappa shape index (κ3) is 2.62. The molecule has 108 valence electrons. The molecule has 3 rings (SSSR count). The van der Waals surface area contributed by atoms with Crippen LogP contribution in [0.2, 0.25) is 0 Å². The second kappa shape index (κ2) is 5.01. The van der Waals surface area contributed by atoms with Gasteiger partial charge in [-0.3, -0.25) is 14.9 Å². The number of carbonyl (C=O) groups excluding carboxylic acids is 2. The van der Waals surface area contributed by atoms with Crippen molar-refractivity contribution in [1.29, 1.82) is 0 Å². The Morgan fingerprint density at radius 3 is 3.00 bits per heavy atom. The maximum atomic E-state index is 12.4. The first-order chi connectivity index (χ1) is 10.0. The molecule has 1 aromatic heterocycles. The van der Waals surface area contributed by atoms with Gasteiger partial charge in [-0.15, -0.1) is 0 Å². The fraction of sp³-hybridized carbons (Fsp3) is 0.286. The first-order valence-corrected chi connectivity index (χ1v) is 6.63. The molecule has 0 fully saturated rings. The molecule has 7 nitrogen and oxygen atoms in total. The van der Waals surface area contributed by atoms with Crippen LogP contribution < -0.4 is 10.6 Å². The van der Waals surface area contributed by atoms with E-state index in [0.29, 0.717) is 17.5 Å². The predicted octanol–water partition coefficient (Wildman–Crippen LogP) is 1.42. The minimum absolute atomic E-state index is 0.0491. The van der Waals surface area contributed by atoms with Gasteiger partial charge in [-0.2, -0.15) is 10.1 Å². The molecule has 0 saturated carbocycles. The Kier molecular flexibility index (Phi) is 3.17. The number of anilines is 2. The Morgan fingerprint density at radius 1 is 1.43 bits per heavy atom. The van der Waals surface area contributed by atoms with Crippen LogP contribution in [0.25, 0.3) is 0 Å². The lowest BCUT2D eigenvalue weighted by Crippen LogP contribution is -2.36. The smallest absolute Gasteiger partial charge is 0.249 e. The summed E-state index contributed by atoms with van der Waals surface area (Å²) in [5.41, 5.74) is 1.75. The molecule has 2 heterocycles. The number of benzene rings is 1. The van der Waals surface area contributed by atoms with Gasteiger partial charge >= 0.3 is 0 Å². The van der Waals surface area contributed by atoms with E-state index in [9.17, 15) is 9.59 Å². The van der Waals surface area contributed by atoms with Crippen molar-refractivity contribution in [2.45, 2.75) is 26.3 Å². The Morgan fingerprint density at radius 2 is 2.24 bits per heavy atom. The van der Waals surface area contributed by atoms with E-state index in [2.05, 4.69) is 20.7 Å². The van der Waals surface area contributed by atoms with E-state index in [4.69, 9.17) is 0 Å². The highest BCUT2D eigenvalue weighted by Crippen LogP contribution is 2.24. The number of fused-ring (bicyclic) bond motifs is 1. The van der Waals surface area contributed by atoms with E-state index in [1.165, 1.54) is 4.68 Å².